The summed E-state index contributed by atoms with van der Waals surface area (Å²) in [5.41, 5.74) is 1.91. The quantitative estimate of drug-likeness (QED) is 0.814. The number of rotatable bonds is 7. The number of ether oxygens (including phenoxy) is 1. The van der Waals surface area contributed by atoms with Crippen LogP contribution < -0.4 is 10.1 Å². The van der Waals surface area contributed by atoms with Gasteiger partial charge in [0.1, 0.15) is 11.5 Å². The standard InChI is InChI=1S/C18H23NO2/c1-14(2)11-19-12-15-7-3-5-9-17(15)21-18-10-6-4-8-16(18)13-20/h3-10,14,19-20H,11-13H2,1-2H3. The lowest BCUT2D eigenvalue weighted by Gasteiger charge is -2.14. The van der Waals surface area contributed by atoms with E-state index in [1.807, 2.05) is 42.5 Å². The molecule has 0 saturated heterocycles. The molecule has 0 saturated carbocycles. The zero-order valence-electron chi connectivity index (χ0n) is 12.7. The van der Waals surface area contributed by atoms with Gasteiger partial charge in [-0.2, -0.15) is 0 Å². The number of hydrogen-bond acceptors (Lipinski definition) is 3. The highest BCUT2D eigenvalue weighted by molar-refractivity contribution is 5.41. The first-order valence-corrected chi connectivity index (χ1v) is 7.36. The predicted molar refractivity (Wildman–Crippen MR) is 85.4 cm³/mol. The van der Waals surface area contributed by atoms with E-state index in [2.05, 4.69) is 25.2 Å². The van der Waals surface area contributed by atoms with Crippen LogP contribution in [0.25, 0.3) is 0 Å². The highest BCUT2D eigenvalue weighted by atomic mass is 16.5. The average molecular weight is 285 g/mol. The van der Waals surface area contributed by atoms with Gasteiger partial charge in [0.25, 0.3) is 0 Å². The summed E-state index contributed by atoms with van der Waals surface area (Å²) in [4.78, 5) is 0. The summed E-state index contributed by atoms with van der Waals surface area (Å²) < 4.78 is 5.99. The van der Waals surface area contributed by atoms with Crippen LogP contribution in [0.2, 0.25) is 0 Å². The van der Waals surface area contributed by atoms with E-state index in [9.17, 15) is 5.11 Å². The zero-order chi connectivity index (χ0) is 15.1. The maximum Gasteiger partial charge on any atom is 0.132 e. The molecule has 21 heavy (non-hydrogen) atoms. The van der Waals surface area contributed by atoms with Gasteiger partial charge in [-0.1, -0.05) is 50.2 Å². The SMILES string of the molecule is CC(C)CNCc1ccccc1Oc1ccccc1CO. The first-order valence-electron chi connectivity index (χ1n) is 7.36. The van der Waals surface area contributed by atoms with Crippen molar-refractivity contribution in [2.24, 2.45) is 5.92 Å². The third-order valence-corrected chi connectivity index (χ3v) is 3.20. The van der Waals surface area contributed by atoms with Gasteiger partial charge in [0.15, 0.2) is 0 Å². The second-order valence-corrected chi connectivity index (χ2v) is 5.50. The fourth-order valence-corrected chi connectivity index (χ4v) is 2.10. The molecule has 0 atom stereocenters. The van der Waals surface area contributed by atoms with Crippen LogP contribution in [0, 0.1) is 5.92 Å². The van der Waals surface area contributed by atoms with Crippen LogP contribution in [0.5, 0.6) is 11.5 Å². The molecule has 0 aromatic heterocycles. The van der Waals surface area contributed by atoms with E-state index in [0.29, 0.717) is 11.7 Å². The normalized spacial score (nSPS) is 10.9. The van der Waals surface area contributed by atoms with Crippen molar-refractivity contribution in [1.82, 2.24) is 5.32 Å². The molecule has 0 radical (unpaired) electrons. The van der Waals surface area contributed by atoms with Gasteiger partial charge >= 0.3 is 0 Å². The van der Waals surface area contributed by atoms with E-state index >= 15 is 0 Å². The summed E-state index contributed by atoms with van der Waals surface area (Å²) in [5, 5.41) is 12.8. The maximum absolute atomic E-state index is 9.38. The molecular formula is C18H23NO2. The molecule has 0 amide bonds. The topological polar surface area (TPSA) is 41.5 Å². The maximum atomic E-state index is 9.38. The molecular weight excluding hydrogens is 262 g/mol. The van der Waals surface area contributed by atoms with Crippen LogP contribution in [-0.4, -0.2) is 11.7 Å². The van der Waals surface area contributed by atoms with Gasteiger partial charge in [0, 0.05) is 17.7 Å². The minimum absolute atomic E-state index is 0.0239. The highest BCUT2D eigenvalue weighted by Gasteiger charge is 2.07. The lowest BCUT2D eigenvalue weighted by Crippen LogP contribution is -2.19. The smallest absolute Gasteiger partial charge is 0.132 e. The Bertz CT molecular complexity index is 567. The number of para-hydroxylation sites is 2. The van der Waals surface area contributed by atoms with Crippen molar-refractivity contribution < 1.29 is 9.84 Å². The van der Waals surface area contributed by atoms with Crippen LogP contribution in [-0.2, 0) is 13.2 Å². The van der Waals surface area contributed by atoms with E-state index < -0.39 is 0 Å². The Hall–Kier alpha value is -1.84. The van der Waals surface area contributed by atoms with E-state index in [1.165, 1.54) is 0 Å². The van der Waals surface area contributed by atoms with Crippen LogP contribution in [0.4, 0.5) is 0 Å². The molecule has 0 aliphatic rings. The second kappa shape index (κ2) is 7.81. The second-order valence-electron chi connectivity index (χ2n) is 5.50. The molecule has 2 aromatic carbocycles. The molecule has 3 heteroatoms. The third-order valence-electron chi connectivity index (χ3n) is 3.20. The minimum atomic E-state index is -0.0239. The number of aliphatic hydroxyl groups excluding tert-OH is 1. The van der Waals surface area contributed by atoms with Crippen molar-refractivity contribution in [2.75, 3.05) is 6.54 Å². The fraction of sp³-hybridized carbons (Fsp3) is 0.333. The Labute approximate surface area is 126 Å². The Morgan fingerprint density at radius 2 is 1.52 bits per heavy atom. The van der Waals surface area contributed by atoms with Crippen molar-refractivity contribution in [1.29, 1.82) is 0 Å². The summed E-state index contributed by atoms with van der Waals surface area (Å²) in [6.45, 7) is 6.10. The Morgan fingerprint density at radius 3 is 2.14 bits per heavy atom. The largest absolute Gasteiger partial charge is 0.457 e. The van der Waals surface area contributed by atoms with Gasteiger partial charge < -0.3 is 15.2 Å². The highest BCUT2D eigenvalue weighted by Crippen LogP contribution is 2.28. The molecule has 0 aliphatic heterocycles. The monoisotopic (exact) mass is 285 g/mol. The van der Waals surface area contributed by atoms with Crippen LogP contribution in [0.15, 0.2) is 48.5 Å². The molecule has 112 valence electrons. The lowest BCUT2D eigenvalue weighted by atomic mass is 10.1. The number of benzene rings is 2. The first kappa shape index (κ1) is 15.5. The molecule has 0 spiro atoms. The van der Waals surface area contributed by atoms with Crippen molar-refractivity contribution in [3.63, 3.8) is 0 Å². The molecule has 0 fully saturated rings. The van der Waals surface area contributed by atoms with Crippen molar-refractivity contribution in [2.45, 2.75) is 27.0 Å². The van der Waals surface area contributed by atoms with Gasteiger partial charge in [-0.3, -0.25) is 0 Å². The fourth-order valence-electron chi connectivity index (χ4n) is 2.10. The number of nitrogens with one attached hydrogen (secondary N) is 1. The molecule has 2 aromatic rings. The third kappa shape index (κ3) is 4.59. The minimum Gasteiger partial charge on any atom is -0.457 e. The summed E-state index contributed by atoms with van der Waals surface area (Å²) in [6.07, 6.45) is 0. The van der Waals surface area contributed by atoms with E-state index in [-0.39, 0.29) is 6.61 Å². The van der Waals surface area contributed by atoms with Crippen molar-refractivity contribution >= 4 is 0 Å². The Balaban J connectivity index is 2.12. The summed E-state index contributed by atoms with van der Waals surface area (Å²) in [6, 6.07) is 15.5. The summed E-state index contributed by atoms with van der Waals surface area (Å²) in [7, 11) is 0. The van der Waals surface area contributed by atoms with Gasteiger partial charge in [-0.25, -0.2) is 0 Å². The lowest BCUT2D eigenvalue weighted by molar-refractivity contribution is 0.276. The van der Waals surface area contributed by atoms with E-state index in [1.54, 1.807) is 0 Å². The molecule has 3 nitrogen and oxygen atoms in total. The summed E-state index contributed by atoms with van der Waals surface area (Å²) >= 11 is 0. The summed E-state index contributed by atoms with van der Waals surface area (Å²) in [5.74, 6) is 2.15. The molecule has 0 bridgehead atoms. The molecule has 2 rings (SSSR count). The number of hydrogen-bond donors (Lipinski definition) is 2. The first-order chi connectivity index (χ1) is 10.2. The van der Waals surface area contributed by atoms with Crippen LogP contribution in [0.3, 0.4) is 0 Å². The van der Waals surface area contributed by atoms with Gasteiger partial charge in [0.2, 0.25) is 0 Å². The zero-order valence-corrected chi connectivity index (χ0v) is 12.7. The van der Waals surface area contributed by atoms with Crippen LogP contribution in [0.1, 0.15) is 25.0 Å². The number of aliphatic hydroxyl groups is 1. The molecule has 0 heterocycles. The van der Waals surface area contributed by atoms with Crippen LogP contribution >= 0.6 is 0 Å². The van der Waals surface area contributed by atoms with E-state index in [0.717, 1.165) is 30.0 Å². The Kier molecular flexibility index (Phi) is 5.78. The molecule has 0 unspecified atom stereocenters. The van der Waals surface area contributed by atoms with Crippen molar-refractivity contribution in [3.05, 3.63) is 59.7 Å². The van der Waals surface area contributed by atoms with Gasteiger partial charge in [-0.05, 0) is 24.6 Å². The molecule has 0 aliphatic carbocycles. The van der Waals surface area contributed by atoms with Gasteiger partial charge in [-0.15, -0.1) is 0 Å². The van der Waals surface area contributed by atoms with Crippen molar-refractivity contribution in [3.8, 4) is 11.5 Å². The average Bonchev–Trinajstić information content (AvgIpc) is 2.49. The van der Waals surface area contributed by atoms with Gasteiger partial charge in [0.05, 0.1) is 6.61 Å². The van der Waals surface area contributed by atoms with E-state index in [4.69, 9.17) is 4.74 Å². The molecule has 2 N–H and O–H groups in total. The predicted octanol–water partition coefficient (Wildman–Crippen LogP) is 3.72. The Morgan fingerprint density at radius 1 is 0.952 bits per heavy atom.